The van der Waals surface area contributed by atoms with Crippen molar-refractivity contribution in [1.82, 2.24) is 9.80 Å². The van der Waals surface area contributed by atoms with Crippen LogP contribution in [0, 0.1) is 5.92 Å². The largest absolute Gasteiger partial charge is 0.496 e. The first-order valence-electron chi connectivity index (χ1n) is 9.49. The summed E-state index contributed by atoms with van der Waals surface area (Å²) in [4.78, 5) is 28.9. The molecule has 0 atom stereocenters. The molecule has 27 heavy (non-hydrogen) atoms. The van der Waals surface area contributed by atoms with Crippen LogP contribution in [0.15, 0.2) is 48.5 Å². The number of hydrogen-bond donors (Lipinski definition) is 0. The van der Waals surface area contributed by atoms with E-state index in [0.717, 1.165) is 29.7 Å². The van der Waals surface area contributed by atoms with Gasteiger partial charge in [-0.2, -0.15) is 0 Å². The van der Waals surface area contributed by atoms with Gasteiger partial charge in [-0.15, -0.1) is 0 Å². The van der Waals surface area contributed by atoms with Crippen LogP contribution in [0.25, 0.3) is 11.1 Å². The number of rotatable bonds is 4. The van der Waals surface area contributed by atoms with Crippen LogP contribution in [-0.4, -0.2) is 54.9 Å². The Labute approximate surface area is 159 Å². The number of methoxy groups -OCH3 is 1. The van der Waals surface area contributed by atoms with Crippen LogP contribution in [0.4, 0.5) is 0 Å². The van der Waals surface area contributed by atoms with Gasteiger partial charge in [-0.1, -0.05) is 30.3 Å². The minimum atomic E-state index is 0.0188. The molecule has 0 radical (unpaired) electrons. The summed E-state index contributed by atoms with van der Waals surface area (Å²) in [5, 5.41) is 0. The maximum atomic E-state index is 13.0. The molecule has 2 aliphatic rings. The summed E-state index contributed by atoms with van der Waals surface area (Å²) in [5.41, 5.74) is 2.59. The number of carbonyl (C=O) groups excluding carboxylic acids is 2. The smallest absolute Gasteiger partial charge is 0.253 e. The van der Waals surface area contributed by atoms with Gasteiger partial charge in [0.05, 0.1) is 7.11 Å². The summed E-state index contributed by atoms with van der Waals surface area (Å²) in [6.07, 6.45) is 2.04. The molecule has 1 aliphatic carbocycles. The topological polar surface area (TPSA) is 49.9 Å². The van der Waals surface area contributed by atoms with Crippen LogP contribution in [0.3, 0.4) is 0 Å². The van der Waals surface area contributed by atoms with Crippen LogP contribution in [0.2, 0.25) is 0 Å². The molecule has 1 aliphatic heterocycles. The van der Waals surface area contributed by atoms with Crippen molar-refractivity contribution >= 4 is 11.8 Å². The van der Waals surface area contributed by atoms with Gasteiger partial charge >= 0.3 is 0 Å². The molecule has 5 heteroatoms. The van der Waals surface area contributed by atoms with E-state index in [1.807, 2.05) is 58.3 Å². The zero-order chi connectivity index (χ0) is 18.8. The monoisotopic (exact) mass is 364 g/mol. The van der Waals surface area contributed by atoms with Gasteiger partial charge in [-0.25, -0.2) is 0 Å². The molecule has 1 saturated heterocycles. The second-order valence-electron chi connectivity index (χ2n) is 7.17. The van der Waals surface area contributed by atoms with E-state index >= 15 is 0 Å². The Morgan fingerprint density at radius 2 is 1.63 bits per heavy atom. The molecule has 2 amide bonds. The molecule has 140 valence electrons. The summed E-state index contributed by atoms with van der Waals surface area (Å²) in [5.74, 6) is 1.31. The third-order valence-electron chi connectivity index (χ3n) is 5.33. The fraction of sp³-hybridized carbons (Fsp3) is 0.364. The van der Waals surface area contributed by atoms with Gasteiger partial charge in [0.25, 0.3) is 5.91 Å². The van der Waals surface area contributed by atoms with Crippen molar-refractivity contribution in [2.45, 2.75) is 12.8 Å². The minimum absolute atomic E-state index is 0.0188. The van der Waals surface area contributed by atoms with Crippen LogP contribution >= 0.6 is 0 Å². The lowest BCUT2D eigenvalue weighted by Gasteiger charge is -2.35. The number of piperazine rings is 1. The Morgan fingerprint density at radius 3 is 2.33 bits per heavy atom. The molecule has 0 aromatic heterocycles. The maximum absolute atomic E-state index is 13.0. The molecule has 4 rings (SSSR count). The summed E-state index contributed by atoms with van der Waals surface area (Å²) < 4.78 is 5.44. The molecular formula is C22H24N2O3. The van der Waals surface area contributed by atoms with Crippen molar-refractivity contribution in [2.75, 3.05) is 33.3 Å². The maximum Gasteiger partial charge on any atom is 0.253 e. The fourth-order valence-electron chi connectivity index (χ4n) is 3.60. The van der Waals surface area contributed by atoms with Gasteiger partial charge in [0.2, 0.25) is 5.91 Å². The number of nitrogens with zero attached hydrogens (tertiary/aromatic N) is 2. The van der Waals surface area contributed by atoms with Crippen LogP contribution < -0.4 is 4.74 Å². The second kappa shape index (κ2) is 7.43. The highest BCUT2D eigenvalue weighted by atomic mass is 16.5. The lowest BCUT2D eigenvalue weighted by molar-refractivity contribution is -0.134. The van der Waals surface area contributed by atoms with E-state index in [0.29, 0.717) is 31.7 Å². The molecule has 2 aromatic rings. The molecule has 5 nitrogen and oxygen atoms in total. The summed E-state index contributed by atoms with van der Waals surface area (Å²) in [6.45, 7) is 2.45. The molecule has 0 N–H and O–H groups in total. The first kappa shape index (κ1) is 17.6. The standard InChI is InChI=1S/C22H24N2O3/c1-27-20-8-3-2-7-19(20)17-5-4-6-18(15-17)22(26)24-13-11-23(12-14-24)21(25)16-9-10-16/h2-8,15-16H,9-14H2,1H3. The highest BCUT2D eigenvalue weighted by Crippen LogP contribution is 2.32. The molecule has 0 spiro atoms. The molecular weight excluding hydrogens is 340 g/mol. The Bertz CT molecular complexity index is 852. The number of ether oxygens (including phenoxy) is 1. The lowest BCUT2D eigenvalue weighted by Crippen LogP contribution is -2.51. The SMILES string of the molecule is COc1ccccc1-c1cccc(C(=O)N2CCN(C(=O)C3CC3)CC2)c1. The third-order valence-corrected chi connectivity index (χ3v) is 5.33. The Balaban J connectivity index is 1.47. The van der Waals surface area contributed by atoms with Crippen molar-refractivity contribution in [3.05, 3.63) is 54.1 Å². The van der Waals surface area contributed by atoms with E-state index in [1.54, 1.807) is 7.11 Å². The van der Waals surface area contributed by atoms with E-state index < -0.39 is 0 Å². The predicted molar refractivity (Wildman–Crippen MR) is 104 cm³/mol. The Hall–Kier alpha value is -2.82. The number of hydrogen-bond acceptors (Lipinski definition) is 3. The Kier molecular flexibility index (Phi) is 4.84. The number of benzene rings is 2. The van der Waals surface area contributed by atoms with Gasteiger partial charge in [0.1, 0.15) is 5.75 Å². The second-order valence-corrected chi connectivity index (χ2v) is 7.17. The van der Waals surface area contributed by atoms with E-state index in [-0.39, 0.29) is 17.7 Å². The molecule has 2 fully saturated rings. The van der Waals surface area contributed by atoms with Crippen LogP contribution in [-0.2, 0) is 4.79 Å². The van der Waals surface area contributed by atoms with E-state index in [1.165, 1.54) is 0 Å². The summed E-state index contributed by atoms with van der Waals surface area (Å²) in [6, 6.07) is 15.5. The van der Waals surface area contributed by atoms with Crippen LogP contribution in [0.5, 0.6) is 5.75 Å². The first-order chi connectivity index (χ1) is 13.2. The minimum Gasteiger partial charge on any atom is -0.496 e. The third kappa shape index (κ3) is 3.68. The molecule has 1 saturated carbocycles. The van der Waals surface area contributed by atoms with Gasteiger partial charge < -0.3 is 14.5 Å². The van der Waals surface area contributed by atoms with Gasteiger partial charge in [0, 0.05) is 43.2 Å². The summed E-state index contributed by atoms with van der Waals surface area (Å²) >= 11 is 0. The number of carbonyl (C=O) groups is 2. The molecule has 0 bridgehead atoms. The first-order valence-corrected chi connectivity index (χ1v) is 9.49. The van der Waals surface area contributed by atoms with Crippen molar-refractivity contribution in [1.29, 1.82) is 0 Å². The summed E-state index contributed by atoms with van der Waals surface area (Å²) in [7, 11) is 1.65. The van der Waals surface area contributed by atoms with Crippen molar-refractivity contribution in [3.8, 4) is 16.9 Å². The van der Waals surface area contributed by atoms with E-state index in [4.69, 9.17) is 4.74 Å². The highest BCUT2D eigenvalue weighted by Gasteiger charge is 2.35. The van der Waals surface area contributed by atoms with Gasteiger partial charge in [-0.3, -0.25) is 9.59 Å². The zero-order valence-corrected chi connectivity index (χ0v) is 15.6. The number of amides is 2. The Morgan fingerprint density at radius 1 is 0.926 bits per heavy atom. The highest BCUT2D eigenvalue weighted by molar-refractivity contribution is 5.96. The number of para-hydroxylation sites is 1. The average Bonchev–Trinajstić information content (AvgIpc) is 3.58. The van der Waals surface area contributed by atoms with Crippen molar-refractivity contribution in [3.63, 3.8) is 0 Å². The van der Waals surface area contributed by atoms with Gasteiger partial charge in [0.15, 0.2) is 0 Å². The normalized spacial score (nSPS) is 16.9. The predicted octanol–water partition coefficient (Wildman–Crippen LogP) is 3.06. The van der Waals surface area contributed by atoms with Crippen LogP contribution in [0.1, 0.15) is 23.2 Å². The molecule has 2 aromatic carbocycles. The zero-order valence-electron chi connectivity index (χ0n) is 15.6. The lowest BCUT2D eigenvalue weighted by atomic mass is 10.0. The van der Waals surface area contributed by atoms with E-state index in [2.05, 4.69) is 0 Å². The average molecular weight is 364 g/mol. The van der Waals surface area contributed by atoms with Crippen molar-refractivity contribution in [2.24, 2.45) is 5.92 Å². The molecule has 1 heterocycles. The fourth-order valence-corrected chi connectivity index (χ4v) is 3.60. The molecule has 0 unspecified atom stereocenters. The van der Waals surface area contributed by atoms with Crippen molar-refractivity contribution < 1.29 is 14.3 Å². The van der Waals surface area contributed by atoms with E-state index in [9.17, 15) is 9.59 Å². The quantitative estimate of drug-likeness (QED) is 0.838. The van der Waals surface area contributed by atoms with Gasteiger partial charge in [-0.05, 0) is 36.6 Å².